The molecule has 1 saturated carbocycles. The van der Waals surface area contributed by atoms with E-state index in [0.717, 1.165) is 30.4 Å². The zero-order valence-electron chi connectivity index (χ0n) is 15.9. The number of anilines is 1. The molecule has 0 unspecified atom stereocenters. The molecule has 0 radical (unpaired) electrons. The number of hydrogen-bond donors (Lipinski definition) is 1. The van der Waals surface area contributed by atoms with Gasteiger partial charge in [-0.05, 0) is 78.7 Å². The second kappa shape index (κ2) is 8.56. The van der Waals surface area contributed by atoms with Crippen molar-refractivity contribution in [2.75, 3.05) is 5.73 Å². The summed E-state index contributed by atoms with van der Waals surface area (Å²) in [4.78, 5) is 0. The van der Waals surface area contributed by atoms with Gasteiger partial charge >= 0.3 is 0 Å². The number of benzene rings is 2. The normalized spacial score (nSPS) is 20.6. The Morgan fingerprint density at radius 2 is 1.56 bits per heavy atom. The van der Waals surface area contributed by atoms with Gasteiger partial charge in [-0.2, -0.15) is 0 Å². The molecule has 1 fully saturated rings. The molecular formula is C24H33N. The monoisotopic (exact) mass is 335 g/mol. The van der Waals surface area contributed by atoms with Gasteiger partial charge in [0.1, 0.15) is 0 Å². The number of aryl methyl sites for hydroxylation is 1. The van der Waals surface area contributed by atoms with Gasteiger partial charge in [0.25, 0.3) is 0 Å². The van der Waals surface area contributed by atoms with Crippen LogP contribution in [0.25, 0.3) is 0 Å². The largest absolute Gasteiger partial charge is 0.399 e. The molecule has 1 aliphatic rings. The molecule has 134 valence electrons. The van der Waals surface area contributed by atoms with Gasteiger partial charge in [0.15, 0.2) is 0 Å². The molecule has 3 rings (SSSR count). The molecule has 1 heteroatoms. The predicted molar refractivity (Wildman–Crippen MR) is 109 cm³/mol. The van der Waals surface area contributed by atoms with E-state index < -0.39 is 0 Å². The van der Waals surface area contributed by atoms with Crippen LogP contribution in [0.1, 0.15) is 80.5 Å². The molecule has 1 nitrogen and oxygen atoms in total. The summed E-state index contributed by atoms with van der Waals surface area (Å²) in [6.07, 6.45) is 10.4. The molecule has 0 bridgehead atoms. The van der Waals surface area contributed by atoms with Gasteiger partial charge in [-0.25, -0.2) is 0 Å². The van der Waals surface area contributed by atoms with Crippen molar-refractivity contribution < 1.29 is 0 Å². The van der Waals surface area contributed by atoms with E-state index in [9.17, 15) is 0 Å². The fraction of sp³-hybridized carbons (Fsp3) is 0.500. The first-order valence-corrected chi connectivity index (χ1v) is 10.2. The third kappa shape index (κ3) is 4.66. The molecule has 0 saturated heterocycles. The van der Waals surface area contributed by atoms with Crippen molar-refractivity contribution in [3.05, 3.63) is 64.7 Å². The highest BCUT2D eigenvalue weighted by Gasteiger charge is 2.21. The van der Waals surface area contributed by atoms with Crippen molar-refractivity contribution in [1.82, 2.24) is 0 Å². The minimum atomic E-state index is 0.783. The Morgan fingerprint density at radius 1 is 0.880 bits per heavy atom. The average molecular weight is 336 g/mol. The van der Waals surface area contributed by atoms with Crippen molar-refractivity contribution in [3.8, 4) is 0 Å². The summed E-state index contributed by atoms with van der Waals surface area (Å²) in [6.45, 7) is 4.48. The van der Waals surface area contributed by atoms with Crippen LogP contribution in [0.4, 0.5) is 5.69 Å². The minimum Gasteiger partial charge on any atom is -0.399 e. The maximum atomic E-state index is 6.02. The van der Waals surface area contributed by atoms with E-state index in [-0.39, 0.29) is 0 Å². The molecule has 2 aromatic carbocycles. The maximum absolute atomic E-state index is 6.02. The highest BCUT2D eigenvalue weighted by molar-refractivity contribution is 5.49. The molecule has 2 N–H and O–H groups in total. The number of nitrogen functional groups attached to an aromatic ring is 1. The lowest BCUT2D eigenvalue weighted by molar-refractivity contribution is 0.308. The average Bonchev–Trinajstić information content (AvgIpc) is 2.65. The molecule has 0 aromatic heterocycles. The first kappa shape index (κ1) is 18.0. The molecule has 0 aliphatic heterocycles. The first-order chi connectivity index (χ1) is 12.2. The second-order valence-electron chi connectivity index (χ2n) is 7.81. The molecule has 25 heavy (non-hydrogen) atoms. The van der Waals surface area contributed by atoms with E-state index in [2.05, 4.69) is 56.3 Å². The van der Waals surface area contributed by atoms with Crippen molar-refractivity contribution in [3.63, 3.8) is 0 Å². The zero-order valence-corrected chi connectivity index (χ0v) is 15.9. The van der Waals surface area contributed by atoms with Gasteiger partial charge in [-0.1, -0.05) is 63.1 Å². The molecule has 0 amide bonds. The van der Waals surface area contributed by atoms with Gasteiger partial charge in [-0.15, -0.1) is 0 Å². The smallest absolute Gasteiger partial charge is 0.0346 e. The van der Waals surface area contributed by atoms with Gasteiger partial charge in [0, 0.05) is 5.69 Å². The molecule has 0 spiro atoms. The van der Waals surface area contributed by atoms with E-state index in [1.54, 1.807) is 5.56 Å². The van der Waals surface area contributed by atoms with Crippen LogP contribution >= 0.6 is 0 Å². The summed E-state index contributed by atoms with van der Waals surface area (Å²) in [5, 5.41) is 0. The van der Waals surface area contributed by atoms with Crippen LogP contribution in [0.3, 0.4) is 0 Å². The summed E-state index contributed by atoms with van der Waals surface area (Å²) in [5.74, 6) is 1.77. The van der Waals surface area contributed by atoms with Crippen molar-refractivity contribution in [1.29, 1.82) is 0 Å². The van der Waals surface area contributed by atoms with Crippen LogP contribution in [-0.2, 0) is 12.8 Å². The van der Waals surface area contributed by atoms with Crippen molar-refractivity contribution >= 4 is 5.69 Å². The molecule has 0 heterocycles. The van der Waals surface area contributed by atoms with Crippen molar-refractivity contribution in [2.45, 2.75) is 71.1 Å². The number of hydrogen-bond acceptors (Lipinski definition) is 1. The summed E-state index contributed by atoms with van der Waals surface area (Å²) in [7, 11) is 0. The van der Waals surface area contributed by atoms with E-state index >= 15 is 0 Å². The van der Waals surface area contributed by atoms with Gasteiger partial charge < -0.3 is 5.73 Å². The maximum Gasteiger partial charge on any atom is 0.0346 e. The number of nitrogens with two attached hydrogens (primary N) is 1. The van der Waals surface area contributed by atoms with Gasteiger partial charge in [0.05, 0.1) is 0 Å². The topological polar surface area (TPSA) is 26.0 Å². The van der Waals surface area contributed by atoms with Crippen LogP contribution in [0, 0.1) is 5.92 Å². The van der Waals surface area contributed by atoms with Crippen LogP contribution in [0.5, 0.6) is 0 Å². The second-order valence-corrected chi connectivity index (χ2v) is 7.81. The fourth-order valence-corrected chi connectivity index (χ4v) is 4.41. The fourth-order valence-electron chi connectivity index (χ4n) is 4.41. The SMILES string of the molecule is CCCC1CCC(c2ccc(Cc3ccc(N)c(CC)c3)cc2)CC1. The van der Waals surface area contributed by atoms with Crippen LogP contribution in [0.15, 0.2) is 42.5 Å². The predicted octanol–water partition coefficient (Wildman–Crippen LogP) is 6.50. The Balaban J connectivity index is 1.61. The summed E-state index contributed by atoms with van der Waals surface area (Å²) in [6, 6.07) is 15.9. The van der Waals surface area contributed by atoms with Crippen LogP contribution < -0.4 is 5.73 Å². The highest BCUT2D eigenvalue weighted by Crippen LogP contribution is 2.37. The Kier molecular flexibility index (Phi) is 6.18. The van der Waals surface area contributed by atoms with E-state index in [1.807, 2.05) is 0 Å². The Labute approximate surface area is 153 Å². The van der Waals surface area contributed by atoms with E-state index in [4.69, 9.17) is 5.73 Å². The minimum absolute atomic E-state index is 0.783. The third-order valence-corrected chi connectivity index (χ3v) is 5.99. The molecule has 2 aromatic rings. The van der Waals surface area contributed by atoms with Gasteiger partial charge in [-0.3, -0.25) is 0 Å². The molecule has 1 aliphatic carbocycles. The highest BCUT2D eigenvalue weighted by atomic mass is 14.6. The summed E-state index contributed by atoms with van der Waals surface area (Å²) in [5.41, 5.74) is 12.5. The summed E-state index contributed by atoms with van der Waals surface area (Å²) >= 11 is 0. The third-order valence-electron chi connectivity index (χ3n) is 5.99. The van der Waals surface area contributed by atoms with E-state index in [0.29, 0.717) is 0 Å². The lowest BCUT2D eigenvalue weighted by Gasteiger charge is -2.28. The lowest BCUT2D eigenvalue weighted by Crippen LogP contribution is -2.13. The standard InChI is InChI=1S/C24H33N/c1-3-5-18-6-11-22(12-7-18)23-13-8-19(9-14-23)16-20-10-15-24(25)21(4-2)17-20/h8-10,13-15,17-18,22H,3-7,11-12,16,25H2,1-2H3. The number of rotatable bonds is 6. The van der Waals surface area contributed by atoms with E-state index in [1.165, 1.54) is 55.2 Å². The lowest BCUT2D eigenvalue weighted by atomic mass is 9.77. The van der Waals surface area contributed by atoms with Crippen LogP contribution in [0.2, 0.25) is 0 Å². The van der Waals surface area contributed by atoms with Gasteiger partial charge in [0.2, 0.25) is 0 Å². The quantitative estimate of drug-likeness (QED) is 0.599. The summed E-state index contributed by atoms with van der Waals surface area (Å²) < 4.78 is 0. The van der Waals surface area contributed by atoms with Crippen molar-refractivity contribution in [2.24, 2.45) is 5.92 Å². The molecule has 0 atom stereocenters. The Morgan fingerprint density at radius 3 is 2.20 bits per heavy atom. The molecular weight excluding hydrogens is 302 g/mol. The Hall–Kier alpha value is -1.76. The Bertz CT molecular complexity index is 663. The van der Waals surface area contributed by atoms with Crippen LogP contribution in [-0.4, -0.2) is 0 Å². The zero-order chi connectivity index (χ0) is 17.6. The first-order valence-electron chi connectivity index (χ1n) is 10.2.